The summed E-state index contributed by atoms with van der Waals surface area (Å²) in [7, 11) is 0. The first-order chi connectivity index (χ1) is 21.0. The number of ether oxygens (including phenoxy) is 1. The Kier molecular flexibility index (Phi) is 7.34. The smallest absolute Gasteiger partial charge is 0.408 e. The van der Waals surface area contributed by atoms with Crippen LogP contribution in [0, 0.1) is 6.92 Å². The maximum Gasteiger partial charge on any atom is 0.408 e. The minimum absolute atomic E-state index is 0.119. The van der Waals surface area contributed by atoms with Gasteiger partial charge < -0.3 is 30.8 Å². The number of nitrogens with one attached hydrogen (secondary N) is 2. The van der Waals surface area contributed by atoms with Crippen LogP contribution < -0.4 is 16.0 Å². The highest BCUT2D eigenvalue weighted by molar-refractivity contribution is 6.20. The van der Waals surface area contributed by atoms with Crippen LogP contribution in [0.3, 0.4) is 0 Å². The lowest BCUT2D eigenvalue weighted by Crippen LogP contribution is -2.41. The predicted molar refractivity (Wildman–Crippen MR) is 170 cm³/mol. The summed E-state index contributed by atoms with van der Waals surface area (Å²) in [6.45, 7) is 5.96. The van der Waals surface area contributed by atoms with Gasteiger partial charge in [0, 0.05) is 28.5 Å². The molecule has 5 N–H and O–H groups in total. The molecular weight excluding hydrogens is 556 g/mol. The molecule has 5 aromatic rings. The molecule has 1 unspecified atom stereocenters. The van der Waals surface area contributed by atoms with E-state index < -0.39 is 23.6 Å². The molecule has 4 aromatic carbocycles. The van der Waals surface area contributed by atoms with Gasteiger partial charge in [0.2, 0.25) is 5.91 Å². The number of hydrogen-bond acceptors (Lipinski definition) is 5. The Morgan fingerprint density at radius 3 is 2.55 bits per heavy atom. The number of aromatic amines is 1. The number of nitrogens with zero attached hydrogens (tertiary/aromatic N) is 1. The molecule has 0 aliphatic carbocycles. The van der Waals surface area contributed by atoms with Gasteiger partial charge in [-0.15, -0.1) is 0 Å². The molecule has 1 aromatic heterocycles. The lowest BCUT2D eigenvalue weighted by atomic mass is 9.92. The molecular formula is C35H34N4O5. The number of aliphatic hydroxyl groups is 1. The van der Waals surface area contributed by atoms with Crippen LogP contribution >= 0.6 is 0 Å². The van der Waals surface area contributed by atoms with Gasteiger partial charge in [-0.2, -0.15) is 0 Å². The fourth-order valence-corrected chi connectivity index (χ4v) is 5.99. The third-order valence-corrected chi connectivity index (χ3v) is 8.32. The Hall–Kier alpha value is -5.15. The van der Waals surface area contributed by atoms with Crippen LogP contribution in [0.5, 0.6) is 0 Å². The van der Waals surface area contributed by atoms with E-state index in [-0.39, 0.29) is 12.5 Å². The molecule has 1 fully saturated rings. The van der Waals surface area contributed by atoms with Crippen molar-refractivity contribution < 1.29 is 24.2 Å². The molecule has 9 heteroatoms. The minimum atomic E-state index is -1.04. The Morgan fingerprint density at radius 1 is 1.05 bits per heavy atom. The Morgan fingerprint density at radius 2 is 1.82 bits per heavy atom. The molecule has 44 heavy (non-hydrogen) atoms. The van der Waals surface area contributed by atoms with E-state index >= 15 is 0 Å². The minimum Gasteiger partial charge on any atom is -0.445 e. The third kappa shape index (κ3) is 5.26. The molecule has 9 nitrogen and oxygen atoms in total. The lowest BCUT2D eigenvalue weighted by molar-refractivity contribution is -0.118. The van der Waals surface area contributed by atoms with Crippen LogP contribution in [-0.4, -0.2) is 40.6 Å². The summed E-state index contributed by atoms with van der Waals surface area (Å²) in [5, 5.41) is 15.0. The highest BCUT2D eigenvalue weighted by Gasteiger charge is 2.35. The summed E-state index contributed by atoms with van der Waals surface area (Å²) in [4.78, 5) is 43.4. The predicted octanol–water partition coefficient (Wildman–Crippen LogP) is 5.65. The molecule has 2 heterocycles. The number of nitrogens with two attached hydrogens (primary N) is 1. The summed E-state index contributed by atoms with van der Waals surface area (Å²) in [6, 6.07) is 23.7. The van der Waals surface area contributed by atoms with Crippen molar-refractivity contribution in [1.82, 2.24) is 10.3 Å². The summed E-state index contributed by atoms with van der Waals surface area (Å²) in [6.07, 6.45) is -0.185. The highest BCUT2D eigenvalue weighted by Crippen LogP contribution is 2.41. The Labute approximate surface area is 254 Å². The van der Waals surface area contributed by atoms with Gasteiger partial charge in [-0.1, -0.05) is 60.7 Å². The average Bonchev–Trinajstić information content (AvgIpc) is 3.55. The average molecular weight is 591 g/mol. The van der Waals surface area contributed by atoms with Crippen molar-refractivity contribution in [3.05, 3.63) is 101 Å². The summed E-state index contributed by atoms with van der Waals surface area (Å²) in [5.41, 5.74) is 11.4. The number of aromatic nitrogens is 1. The number of alkyl carbamates (subject to hydrolysis) is 1. The van der Waals surface area contributed by atoms with Crippen LogP contribution in [0.15, 0.2) is 78.9 Å². The largest absolute Gasteiger partial charge is 0.445 e. The number of anilines is 1. The zero-order chi connectivity index (χ0) is 31.2. The number of benzene rings is 4. The van der Waals surface area contributed by atoms with Crippen molar-refractivity contribution in [3.63, 3.8) is 0 Å². The zero-order valence-electron chi connectivity index (χ0n) is 24.8. The van der Waals surface area contributed by atoms with Crippen molar-refractivity contribution in [3.8, 4) is 11.1 Å². The third-order valence-electron chi connectivity index (χ3n) is 8.32. The van der Waals surface area contributed by atoms with E-state index in [1.54, 1.807) is 24.8 Å². The monoisotopic (exact) mass is 590 g/mol. The van der Waals surface area contributed by atoms with Gasteiger partial charge >= 0.3 is 6.09 Å². The Balaban J connectivity index is 1.32. The highest BCUT2D eigenvalue weighted by atomic mass is 16.5. The van der Waals surface area contributed by atoms with Crippen LogP contribution in [0.4, 0.5) is 10.5 Å². The van der Waals surface area contributed by atoms with E-state index in [9.17, 15) is 19.5 Å². The first-order valence-electron chi connectivity index (χ1n) is 14.5. The molecule has 0 bridgehead atoms. The second-order valence-electron chi connectivity index (χ2n) is 11.7. The van der Waals surface area contributed by atoms with Gasteiger partial charge in [-0.05, 0) is 73.2 Å². The summed E-state index contributed by atoms with van der Waals surface area (Å²) < 4.78 is 5.33. The van der Waals surface area contributed by atoms with E-state index in [1.807, 2.05) is 79.7 Å². The number of amides is 3. The van der Waals surface area contributed by atoms with E-state index in [0.29, 0.717) is 24.0 Å². The van der Waals surface area contributed by atoms with Gasteiger partial charge in [-0.3, -0.25) is 9.59 Å². The number of H-pyrrole nitrogens is 1. The molecule has 0 spiro atoms. The van der Waals surface area contributed by atoms with Crippen LogP contribution in [0.25, 0.3) is 32.9 Å². The molecule has 6 rings (SSSR count). The number of fused-ring (bicyclic) bond motifs is 3. The fourth-order valence-electron chi connectivity index (χ4n) is 5.99. The molecule has 1 saturated heterocycles. The van der Waals surface area contributed by atoms with Crippen LogP contribution in [0.1, 0.15) is 47.3 Å². The molecule has 0 radical (unpaired) electrons. The van der Waals surface area contributed by atoms with Crippen LogP contribution in [-0.2, 0) is 21.7 Å². The Bertz CT molecular complexity index is 1920. The van der Waals surface area contributed by atoms with E-state index in [1.165, 1.54) is 0 Å². The van der Waals surface area contributed by atoms with Gasteiger partial charge in [0.25, 0.3) is 5.91 Å². The standard InChI is InChI=1S/C35H34N4O5/c1-20-23(24-14-15-26(32(36)40)31-30(24)25-13-12-22(35(2,3)43)18-28(25)37-31)10-7-11-29(20)39-17-16-27(33(39)41)38-34(42)44-19-21-8-5-4-6-9-21/h4-15,18,27,37,43H,16-17,19H2,1-3H3,(H2,36,40)(H,38,42). The number of carbonyl (C=O) groups excluding carboxylic acids is 3. The molecule has 1 atom stereocenters. The van der Waals surface area contributed by atoms with Crippen LogP contribution in [0.2, 0.25) is 0 Å². The van der Waals surface area contributed by atoms with E-state index in [2.05, 4.69) is 10.3 Å². The summed E-state index contributed by atoms with van der Waals surface area (Å²) >= 11 is 0. The quantitative estimate of drug-likeness (QED) is 0.194. The second kappa shape index (κ2) is 11.2. The maximum absolute atomic E-state index is 13.5. The normalized spacial score (nSPS) is 15.2. The first-order valence-corrected chi connectivity index (χ1v) is 14.5. The first kappa shape index (κ1) is 28.9. The summed E-state index contributed by atoms with van der Waals surface area (Å²) in [5.74, 6) is -0.757. The van der Waals surface area contributed by atoms with Gasteiger partial charge in [0.05, 0.1) is 16.7 Å². The number of rotatable bonds is 7. The maximum atomic E-state index is 13.5. The van der Waals surface area contributed by atoms with Gasteiger partial charge in [0.1, 0.15) is 12.6 Å². The molecule has 1 aliphatic heterocycles. The topological polar surface area (TPSA) is 138 Å². The number of hydrogen-bond donors (Lipinski definition) is 4. The molecule has 1 aliphatic rings. The number of carbonyl (C=O) groups is 3. The van der Waals surface area contributed by atoms with Crippen molar-refractivity contribution >= 4 is 45.4 Å². The SMILES string of the molecule is Cc1c(-c2ccc(C(N)=O)c3[nH]c4cc(C(C)(C)O)ccc4c23)cccc1N1CCC(NC(=O)OCc2ccccc2)C1=O. The fraction of sp³-hybridized carbons (Fsp3) is 0.229. The van der Waals surface area contributed by atoms with Crippen molar-refractivity contribution in [2.45, 2.75) is 45.4 Å². The molecule has 224 valence electrons. The van der Waals surface area contributed by atoms with Crippen molar-refractivity contribution in [2.75, 3.05) is 11.4 Å². The zero-order valence-corrected chi connectivity index (χ0v) is 24.8. The number of primary amides is 1. The van der Waals surface area contributed by atoms with Gasteiger partial charge in [0.15, 0.2) is 0 Å². The van der Waals surface area contributed by atoms with Crippen molar-refractivity contribution in [2.24, 2.45) is 5.73 Å². The van der Waals surface area contributed by atoms with Crippen molar-refractivity contribution in [1.29, 1.82) is 0 Å². The van der Waals surface area contributed by atoms with E-state index in [0.717, 1.165) is 49.8 Å². The van der Waals surface area contributed by atoms with Gasteiger partial charge in [-0.25, -0.2) is 4.79 Å². The lowest BCUT2D eigenvalue weighted by Gasteiger charge is -2.22. The second-order valence-corrected chi connectivity index (χ2v) is 11.7. The van der Waals surface area contributed by atoms with E-state index in [4.69, 9.17) is 10.5 Å². The molecule has 3 amide bonds. The molecule has 0 saturated carbocycles.